The number of imidazole rings is 1. The van der Waals surface area contributed by atoms with Crippen molar-refractivity contribution >= 4 is 34.2 Å². The Morgan fingerprint density at radius 2 is 1.90 bits per heavy atom. The van der Waals surface area contributed by atoms with E-state index in [0.29, 0.717) is 21.6 Å². The molecule has 2 aromatic carbocycles. The molecule has 4 nitrogen and oxygen atoms in total. The van der Waals surface area contributed by atoms with E-state index in [2.05, 4.69) is 9.97 Å². The van der Waals surface area contributed by atoms with E-state index in [9.17, 15) is 5.11 Å². The summed E-state index contributed by atoms with van der Waals surface area (Å²) in [4.78, 5) is 7.61. The number of benzene rings is 2. The number of phenolic OH excluding ortho intramolecular Hbond substituents is 1. The zero-order valence-electron chi connectivity index (χ0n) is 10.4. The number of ether oxygens (including phenoxy) is 1. The number of aromatic hydroxyl groups is 1. The Morgan fingerprint density at radius 3 is 2.65 bits per heavy atom. The second-order valence-corrected chi connectivity index (χ2v) is 5.07. The topological polar surface area (TPSA) is 58.1 Å². The summed E-state index contributed by atoms with van der Waals surface area (Å²) < 4.78 is 5.09. The van der Waals surface area contributed by atoms with Gasteiger partial charge in [-0.3, -0.25) is 0 Å². The van der Waals surface area contributed by atoms with Crippen molar-refractivity contribution < 1.29 is 9.84 Å². The Balaban J connectivity index is 2.14. The van der Waals surface area contributed by atoms with Gasteiger partial charge in [-0.1, -0.05) is 23.2 Å². The molecule has 0 saturated heterocycles. The molecule has 3 rings (SSSR count). The average Bonchev–Trinajstić information content (AvgIpc) is 2.82. The van der Waals surface area contributed by atoms with Crippen molar-refractivity contribution in [1.82, 2.24) is 9.97 Å². The van der Waals surface area contributed by atoms with E-state index in [0.717, 1.165) is 16.6 Å². The Labute approximate surface area is 124 Å². The van der Waals surface area contributed by atoms with Gasteiger partial charge in [0.25, 0.3) is 0 Å². The monoisotopic (exact) mass is 308 g/mol. The maximum Gasteiger partial charge on any atom is 0.161 e. The number of halogens is 2. The number of phenols is 1. The highest BCUT2D eigenvalue weighted by Gasteiger charge is 2.10. The van der Waals surface area contributed by atoms with Gasteiger partial charge < -0.3 is 14.8 Å². The molecule has 1 aromatic heterocycles. The van der Waals surface area contributed by atoms with Crippen molar-refractivity contribution in [3.05, 3.63) is 40.4 Å². The molecule has 0 fully saturated rings. The smallest absolute Gasteiger partial charge is 0.161 e. The SMILES string of the molecule is COc1cc(-c2nc3cc(Cl)c(Cl)cc3[nH]2)ccc1O. The van der Waals surface area contributed by atoms with Gasteiger partial charge in [0, 0.05) is 5.56 Å². The first-order valence-corrected chi connectivity index (χ1v) is 6.56. The Bertz CT molecular complexity index is 760. The first kappa shape index (κ1) is 13.1. The van der Waals surface area contributed by atoms with E-state index in [1.807, 2.05) is 0 Å². The summed E-state index contributed by atoms with van der Waals surface area (Å²) in [6.45, 7) is 0. The van der Waals surface area contributed by atoms with Crippen LogP contribution in [0.25, 0.3) is 22.4 Å². The zero-order valence-corrected chi connectivity index (χ0v) is 12.0. The molecule has 3 aromatic rings. The van der Waals surface area contributed by atoms with Crippen LogP contribution < -0.4 is 4.74 Å². The van der Waals surface area contributed by atoms with E-state index in [1.165, 1.54) is 7.11 Å². The number of H-pyrrole nitrogens is 1. The molecule has 20 heavy (non-hydrogen) atoms. The van der Waals surface area contributed by atoms with Crippen LogP contribution in [0.1, 0.15) is 0 Å². The van der Waals surface area contributed by atoms with Gasteiger partial charge >= 0.3 is 0 Å². The standard InChI is InChI=1S/C14H10Cl2N2O2/c1-20-13-4-7(2-3-12(13)19)14-17-10-5-8(15)9(16)6-11(10)18-14/h2-6,19H,1H3,(H,17,18). The highest BCUT2D eigenvalue weighted by molar-refractivity contribution is 6.42. The molecule has 102 valence electrons. The lowest BCUT2D eigenvalue weighted by Crippen LogP contribution is -1.86. The summed E-state index contributed by atoms with van der Waals surface area (Å²) in [5.41, 5.74) is 2.31. The number of fused-ring (bicyclic) bond motifs is 1. The van der Waals surface area contributed by atoms with Crippen LogP contribution >= 0.6 is 23.2 Å². The summed E-state index contributed by atoms with van der Waals surface area (Å²) in [6.07, 6.45) is 0. The van der Waals surface area contributed by atoms with Gasteiger partial charge in [0.1, 0.15) is 5.82 Å². The lowest BCUT2D eigenvalue weighted by atomic mass is 10.2. The molecule has 0 saturated carbocycles. The van der Waals surface area contributed by atoms with Crippen LogP contribution in [0.4, 0.5) is 0 Å². The maximum absolute atomic E-state index is 9.60. The van der Waals surface area contributed by atoms with E-state index in [1.54, 1.807) is 30.3 Å². The minimum Gasteiger partial charge on any atom is -0.504 e. The molecule has 2 N–H and O–H groups in total. The van der Waals surface area contributed by atoms with Crippen molar-refractivity contribution in [3.63, 3.8) is 0 Å². The van der Waals surface area contributed by atoms with Gasteiger partial charge in [0.15, 0.2) is 11.5 Å². The minimum atomic E-state index is 0.0819. The van der Waals surface area contributed by atoms with Crippen molar-refractivity contribution in [2.24, 2.45) is 0 Å². The molecular weight excluding hydrogens is 299 g/mol. The van der Waals surface area contributed by atoms with Gasteiger partial charge in [0.2, 0.25) is 0 Å². The molecule has 0 aliphatic carbocycles. The summed E-state index contributed by atoms with van der Waals surface area (Å²) in [6, 6.07) is 8.45. The fourth-order valence-corrected chi connectivity index (χ4v) is 2.29. The molecular formula is C14H10Cl2N2O2. The summed E-state index contributed by atoms with van der Waals surface area (Å²) in [5.74, 6) is 1.12. The normalized spacial score (nSPS) is 10.9. The summed E-state index contributed by atoms with van der Waals surface area (Å²) in [7, 11) is 1.50. The van der Waals surface area contributed by atoms with Crippen LogP contribution in [-0.2, 0) is 0 Å². The van der Waals surface area contributed by atoms with Crippen molar-refractivity contribution in [2.75, 3.05) is 7.11 Å². The minimum absolute atomic E-state index is 0.0819. The molecule has 0 aliphatic rings. The number of hydrogen-bond donors (Lipinski definition) is 2. The Morgan fingerprint density at radius 1 is 1.15 bits per heavy atom. The van der Waals surface area contributed by atoms with Crippen molar-refractivity contribution in [1.29, 1.82) is 0 Å². The first-order valence-electron chi connectivity index (χ1n) is 5.80. The second kappa shape index (κ2) is 4.89. The Hall–Kier alpha value is -1.91. The molecule has 0 radical (unpaired) electrons. The lowest BCUT2D eigenvalue weighted by molar-refractivity contribution is 0.373. The molecule has 0 aliphatic heterocycles. The third kappa shape index (κ3) is 2.17. The van der Waals surface area contributed by atoms with E-state index >= 15 is 0 Å². The van der Waals surface area contributed by atoms with Gasteiger partial charge in [-0.25, -0.2) is 4.98 Å². The predicted molar refractivity (Wildman–Crippen MR) is 79.8 cm³/mol. The molecule has 0 amide bonds. The largest absolute Gasteiger partial charge is 0.504 e. The maximum atomic E-state index is 9.60. The van der Waals surface area contributed by atoms with Crippen LogP contribution in [0.2, 0.25) is 10.0 Å². The number of methoxy groups -OCH3 is 1. The molecule has 0 atom stereocenters. The second-order valence-electron chi connectivity index (χ2n) is 4.26. The van der Waals surface area contributed by atoms with Crippen LogP contribution in [0.15, 0.2) is 30.3 Å². The van der Waals surface area contributed by atoms with Crippen LogP contribution in [0.3, 0.4) is 0 Å². The molecule has 0 bridgehead atoms. The predicted octanol–water partition coefficient (Wildman–Crippen LogP) is 4.25. The number of nitrogens with zero attached hydrogens (tertiary/aromatic N) is 1. The number of aromatic nitrogens is 2. The van der Waals surface area contributed by atoms with E-state index < -0.39 is 0 Å². The van der Waals surface area contributed by atoms with Gasteiger partial charge in [-0.2, -0.15) is 0 Å². The summed E-state index contributed by atoms with van der Waals surface area (Å²) >= 11 is 12.0. The molecule has 0 spiro atoms. The first-order chi connectivity index (χ1) is 9.58. The third-order valence-electron chi connectivity index (χ3n) is 2.98. The fourth-order valence-electron chi connectivity index (χ4n) is 1.97. The van der Waals surface area contributed by atoms with Crippen LogP contribution in [-0.4, -0.2) is 22.2 Å². The van der Waals surface area contributed by atoms with E-state index in [-0.39, 0.29) is 5.75 Å². The quantitative estimate of drug-likeness (QED) is 0.744. The fraction of sp³-hybridized carbons (Fsp3) is 0.0714. The average molecular weight is 309 g/mol. The van der Waals surface area contributed by atoms with Crippen LogP contribution in [0, 0.1) is 0 Å². The number of aromatic amines is 1. The van der Waals surface area contributed by atoms with Crippen LogP contribution in [0.5, 0.6) is 11.5 Å². The van der Waals surface area contributed by atoms with Crippen molar-refractivity contribution in [2.45, 2.75) is 0 Å². The van der Waals surface area contributed by atoms with Gasteiger partial charge in [-0.05, 0) is 30.3 Å². The number of hydrogen-bond acceptors (Lipinski definition) is 3. The number of rotatable bonds is 2. The molecule has 0 unspecified atom stereocenters. The number of nitrogens with one attached hydrogen (secondary N) is 1. The summed E-state index contributed by atoms with van der Waals surface area (Å²) in [5, 5.41) is 10.5. The Kier molecular flexibility index (Phi) is 3.20. The van der Waals surface area contributed by atoms with Gasteiger partial charge in [0.05, 0.1) is 28.2 Å². The van der Waals surface area contributed by atoms with Gasteiger partial charge in [-0.15, -0.1) is 0 Å². The molecule has 6 heteroatoms. The lowest BCUT2D eigenvalue weighted by Gasteiger charge is -2.04. The zero-order chi connectivity index (χ0) is 14.3. The van der Waals surface area contributed by atoms with Crippen molar-refractivity contribution in [3.8, 4) is 22.9 Å². The highest BCUT2D eigenvalue weighted by Crippen LogP contribution is 2.32. The molecule has 1 heterocycles. The third-order valence-corrected chi connectivity index (χ3v) is 3.70. The highest BCUT2D eigenvalue weighted by atomic mass is 35.5. The van der Waals surface area contributed by atoms with E-state index in [4.69, 9.17) is 27.9 Å².